The van der Waals surface area contributed by atoms with Crippen LogP contribution in [0.1, 0.15) is 37.7 Å². The lowest BCUT2D eigenvalue weighted by Crippen LogP contribution is -2.25. The molecule has 0 spiro atoms. The minimum atomic E-state index is 0.159. The minimum Gasteiger partial charge on any atom is -0.326 e. The molecule has 4 rings (SSSR count). The molecule has 0 radical (unpaired) electrons. The molecule has 2 heterocycles. The Bertz CT molecular complexity index is 873. The van der Waals surface area contributed by atoms with E-state index in [9.17, 15) is 4.79 Å². The normalized spacial score (nSPS) is 15.4. The van der Waals surface area contributed by atoms with E-state index in [2.05, 4.69) is 22.4 Å². The molecule has 128 valence electrons. The molecule has 2 aromatic heterocycles. The molecule has 25 heavy (non-hydrogen) atoms. The third-order valence-electron chi connectivity index (χ3n) is 5.13. The number of aromatic nitrogens is 2. The number of imidazole rings is 1. The highest BCUT2D eigenvalue weighted by molar-refractivity contribution is 5.94. The number of hydrogen-bond donors (Lipinski definition) is 1. The lowest BCUT2D eigenvalue weighted by atomic mass is 9.88. The van der Waals surface area contributed by atoms with Crippen molar-refractivity contribution in [2.24, 2.45) is 5.92 Å². The first kappa shape index (κ1) is 15.9. The Morgan fingerprint density at radius 1 is 1.16 bits per heavy atom. The van der Waals surface area contributed by atoms with E-state index in [-0.39, 0.29) is 11.8 Å². The highest BCUT2D eigenvalue weighted by atomic mass is 16.1. The van der Waals surface area contributed by atoms with Gasteiger partial charge in [-0.3, -0.25) is 4.79 Å². The molecular weight excluding hydrogens is 310 g/mol. The van der Waals surface area contributed by atoms with Gasteiger partial charge in [0.05, 0.1) is 5.69 Å². The largest absolute Gasteiger partial charge is 0.326 e. The molecule has 0 saturated heterocycles. The van der Waals surface area contributed by atoms with Gasteiger partial charge in [-0.2, -0.15) is 0 Å². The van der Waals surface area contributed by atoms with Gasteiger partial charge in [0.2, 0.25) is 5.91 Å². The predicted octanol–water partition coefficient (Wildman–Crippen LogP) is 4.83. The van der Waals surface area contributed by atoms with Crippen molar-refractivity contribution in [3.8, 4) is 11.3 Å². The number of nitrogens with one attached hydrogen (secondary N) is 1. The third-order valence-corrected chi connectivity index (χ3v) is 5.13. The number of nitrogens with zero attached hydrogens (tertiary/aromatic N) is 2. The number of rotatable bonds is 3. The van der Waals surface area contributed by atoms with E-state index in [0.717, 1.165) is 41.0 Å². The lowest BCUT2D eigenvalue weighted by Gasteiger charge is -2.21. The SMILES string of the molecule is Cc1ccc(-c2cn3ccccc3n2)cc1NC(=O)C1CCCCC1. The molecule has 1 amide bonds. The molecule has 4 nitrogen and oxygen atoms in total. The summed E-state index contributed by atoms with van der Waals surface area (Å²) in [5, 5.41) is 3.15. The molecule has 0 atom stereocenters. The molecule has 1 aromatic carbocycles. The Morgan fingerprint density at radius 2 is 2.00 bits per heavy atom. The van der Waals surface area contributed by atoms with Gasteiger partial charge < -0.3 is 9.72 Å². The maximum Gasteiger partial charge on any atom is 0.227 e. The van der Waals surface area contributed by atoms with Crippen molar-refractivity contribution in [3.05, 3.63) is 54.4 Å². The van der Waals surface area contributed by atoms with E-state index in [1.165, 1.54) is 19.3 Å². The summed E-state index contributed by atoms with van der Waals surface area (Å²) >= 11 is 0. The topological polar surface area (TPSA) is 46.4 Å². The second-order valence-corrected chi connectivity index (χ2v) is 6.95. The maximum absolute atomic E-state index is 12.6. The van der Waals surface area contributed by atoms with Crippen LogP contribution in [-0.4, -0.2) is 15.3 Å². The monoisotopic (exact) mass is 333 g/mol. The van der Waals surface area contributed by atoms with Crippen molar-refractivity contribution in [2.45, 2.75) is 39.0 Å². The van der Waals surface area contributed by atoms with Gasteiger partial charge in [-0.25, -0.2) is 4.98 Å². The molecule has 1 aliphatic carbocycles. The Kier molecular flexibility index (Phi) is 4.26. The van der Waals surface area contributed by atoms with E-state index >= 15 is 0 Å². The molecule has 3 aromatic rings. The van der Waals surface area contributed by atoms with Crippen LogP contribution in [0.4, 0.5) is 5.69 Å². The summed E-state index contributed by atoms with van der Waals surface area (Å²) in [5.74, 6) is 0.321. The van der Waals surface area contributed by atoms with E-state index in [1.807, 2.05) is 48.0 Å². The van der Waals surface area contributed by atoms with Crippen molar-refractivity contribution in [1.82, 2.24) is 9.38 Å². The lowest BCUT2D eigenvalue weighted by molar-refractivity contribution is -0.120. The van der Waals surface area contributed by atoms with Crippen molar-refractivity contribution in [2.75, 3.05) is 5.32 Å². The van der Waals surface area contributed by atoms with Crippen molar-refractivity contribution < 1.29 is 4.79 Å². The van der Waals surface area contributed by atoms with E-state index in [1.54, 1.807) is 0 Å². The van der Waals surface area contributed by atoms with Crippen molar-refractivity contribution in [1.29, 1.82) is 0 Å². The van der Waals surface area contributed by atoms with Crippen LogP contribution in [0.25, 0.3) is 16.9 Å². The number of pyridine rings is 1. The fraction of sp³-hybridized carbons (Fsp3) is 0.333. The van der Waals surface area contributed by atoms with Crippen LogP contribution < -0.4 is 5.32 Å². The summed E-state index contributed by atoms with van der Waals surface area (Å²) in [4.78, 5) is 17.3. The number of aryl methyl sites for hydroxylation is 1. The summed E-state index contributed by atoms with van der Waals surface area (Å²) in [6.45, 7) is 2.03. The summed E-state index contributed by atoms with van der Waals surface area (Å²) in [6, 6.07) is 12.1. The molecule has 0 bridgehead atoms. The number of carbonyl (C=O) groups is 1. The Balaban J connectivity index is 1.60. The zero-order valence-corrected chi connectivity index (χ0v) is 14.5. The van der Waals surface area contributed by atoms with Gasteiger partial charge in [-0.05, 0) is 43.5 Å². The molecule has 1 fully saturated rings. The third kappa shape index (κ3) is 3.29. The molecule has 4 heteroatoms. The first-order valence-electron chi connectivity index (χ1n) is 9.06. The van der Waals surface area contributed by atoms with Crippen LogP contribution in [0.15, 0.2) is 48.8 Å². The first-order chi connectivity index (χ1) is 12.2. The standard InChI is InChI=1S/C21H23N3O/c1-15-10-11-17(19-14-24-12-6-5-9-20(24)22-19)13-18(15)23-21(25)16-7-3-2-4-8-16/h5-6,9-14,16H,2-4,7-8H2,1H3,(H,23,25). The average Bonchev–Trinajstić information content (AvgIpc) is 3.08. The summed E-state index contributed by atoms with van der Waals surface area (Å²) in [7, 11) is 0. The van der Waals surface area contributed by atoms with Gasteiger partial charge >= 0.3 is 0 Å². The molecule has 1 aliphatic rings. The molecule has 0 unspecified atom stereocenters. The smallest absolute Gasteiger partial charge is 0.227 e. The summed E-state index contributed by atoms with van der Waals surface area (Å²) in [5.41, 5.74) is 4.83. The molecule has 1 saturated carbocycles. The van der Waals surface area contributed by atoms with Gasteiger partial charge in [-0.1, -0.05) is 37.5 Å². The maximum atomic E-state index is 12.6. The van der Waals surface area contributed by atoms with Crippen LogP contribution in [0, 0.1) is 12.8 Å². The molecule has 0 aliphatic heterocycles. The van der Waals surface area contributed by atoms with Crippen molar-refractivity contribution >= 4 is 17.2 Å². The van der Waals surface area contributed by atoms with E-state index in [4.69, 9.17) is 0 Å². The molecular formula is C21H23N3O. The Hall–Kier alpha value is -2.62. The Morgan fingerprint density at radius 3 is 2.80 bits per heavy atom. The summed E-state index contributed by atoms with van der Waals surface area (Å²) < 4.78 is 2.01. The van der Waals surface area contributed by atoms with Gasteiger partial charge in [0.25, 0.3) is 0 Å². The number of carbonyl (C=O) groups excluding carboxylic acids is 1. The zero-order valence-electron chi connectivity index (χ0n) is 14.5. The van der Waals surface area contributed by atoms with Gasteiger partial charge in [0, 0.05) is 29.6 Å². The van der Waals surface area contributed by atoms with Crippen molar-refractivity contribution in [3.63, 3.8) is 0 Å². The second kappa shape index (κ2) is 6.71. The van der Waals surface area contributed by atoms with Crippen LogP contribution in [0.2, 0.25) is 0 Å². The van der Waals surface area contributed by atoms with Crippen LogP contribution in [0.5, 0.6) is 0 Å². The number of anilines is 1. The number of amides is 1. The van der Waals surface area contributed by atoms with E-state index in [0.29, 0.717) is 0 Å². The van der Waals surface area contributed by atoms with Crippen LogP contribution in [0.3, 0.4) is 0 Å². The Labute approximate surface area is 147 Å². The second-order valence-electron chi connectivity index (χ2n) is 6.95. The fourth-order valence-electron chi connectivity index (χ4n) is 3.59. The van der Waals surface area contributed by atoms with Crippen LogP contribution >= 0.6 is 0 Å². The highest BCUT2D eigenvalue weighted by Crippen LogP contribution is 2.28. The zero-order chi connectivity index (χ0) is 17.2. The number of fused-ring (bicyclic) bond motifs is 1. The quantitative estimate of drug-likeness (QED) is 0.746. The van der Waals surface area contributed by atoms with Gasteiger partial charge in [-0.15, -0.1) is 0 Å². The number of hydrogen-bond acceptors (Lipinski definition) is 2. The highest BCUT2D eigenvalue weighted by Gasteiger charge is 2.21. The van der Waals surface area contributed by atoms with Gasteiger partial charge in [0.15, 0.2) is 0 Å². The summed E-state index contributed by atoms with van der Waals surface area (Å²) in [6.07, 6.45) is 9.62. The first-order valence-corrected chi connectivity index (χ1v) is 9.06. The predicted molar refractivity (Wildman–Crippen MR) is 101 cm³/mol. The molecule has 1 N–H and O–H groups in total. The van der Waals surface area contributed by atoms with Crippen LogP contribution in [-0.2, 0) is 4.79 Å². The minimum absolute atomic E-state index is 0.159. The van der Waals surface area contributed by atoms with Gasteiger partial charge in [0.1, 0.15) is 5.65 Å². The van der Waals surface area contributed by atoms with E-state index < -0.39 is 0 Å². The number of benzene rings is 1. The fourth-order valence-corrected chi connectivity index (χ4v) is 3.59. The average molecular weight is 333 g/mol.